The highest BCUT2D eigenvalue weighted by molar-refractivity contribution is 5.84. The summed E-state index contributed by atoms with van der Waals surface area (Å²) >= 11 is 0. The SMILES string of the molecule is CC(O)OC(=O)[C@@H](N)CC(N)=O. The van der Waals surface area contributed by atoms with Crippen molar-refractivity contribution in [3.05, 3.63) is 0 Å². The summed E-state index contributed by atoms with van der Waals surface area (Å²) < 4.78 is 4.30. The molecule has 0 rings (SSSR count). The van der Waals surface area contributed by atoms with Crippen LogP contribution in [0.4, 0.5) is 0 Å². The summed E-state index contributed by atoms with van der Waals surface area (Å²) in [6, 6.07) is -1.10. The normalized spacial score (nSPS) is 14.9. The number of aliphatic hydroxyl groups is 1. The molecule has 0 aliphatic heterocycles. The molecule has 0 bridgehead atoms. The minimum absolute atomic E-state index is 0.286. The molecule has 12 heavy (non-hydrogen) atoms. The summed E-state index contributed by atoms with van der Waals surface area (Å²) in [5.74, 6) is -1.53. The van der Waals surface area contributed by atoms with Crippen LogP contribution in [0.25, 0.3) is 0 Å². The Balaban J connectivity index is 3.85. The van der Waals surface area contributed by atoms with E-state index >= 15 is 0 Å². The monoisotopic (exact) mass is 176 g/mol. The van der Waals surface area contributed by atoms with E-state index in [1.165, 1.54) is 6.92 Å². The van der Waals surface area contributed by atoms with Crippen LogP contribution in [-0.2, 0) is 14.3 Å². The van der Waals surface area contributed by atoms with Gasteiger partial charge in [0.1, 0.15) is 6.04 Å². The molecule has 0 aromatic heterocycles. The van der Waals surface area contributed by atoms with Gasteiger partial charge < -0.3 is 21.3 Å². The Kier molecular flexibility index (Phi) is 4.24. The number of hydrogen-bond donors (Lipinski definition) is 3. The van der Waals surface area contributed by atoms with Crippen molar-refractivity contribution >= 4 is 11.9 Å². The molecule has 0 aromatic carbocycles. The van der Waals surface area contributed by atoms with Gasteiger partial charge in [-0.25, -0.2) is 0 Å². The molecule has 0 radical (unpaired) electrons. The van der Waals surface area contributed by atoms with Crippen molar-refractivity contribution in [3.63, 3.8) is 0 Å². The van der Waals surface area contributed by atoms with Crippen LogP contribution in [-0.4, -0.2) is 29.3 Å². The number of amides is 1. The van der Waals surface area contributed by atoms with Crippen molar-refractivity contribution < 1.29 is 19.4 Å². The van der Waals surface area contributed by atoms with Crippen molar-refractivity contribution in [2.24, 2.45) is 11.5 Å². The van der Waals surface area contributed by atoms with E-state index in [0.717, 1.165) is 0 Å². The number of primary amides is 1. The van der Waals surface area contributed by atoms with Crippen molar-refractivity contribution in [3.8, 4) is 0 Å². The van der Waals surface area contributed by atoms with Crippen LogP contribution in [0.15, 0.2) is 0 Å². The predicted octanol–water partition coefficient (Wildman–Crippen LogP) is -1.93. The summed E-state index contributed by atoms with van der Waals surface area (Å²) in [5.41, 5.74) is 9.95. The highest BCUT2D eigenvalue weighted by Crippen LogP contribution is 1.94. The third-order valence-corrected chi connectivity index (χ3v) is 1.01. The van der Waals surface area contributed by atoms with Gasteiger partial charge in [-0.15, -0.1) is 0 Å². The maximum Gasteiger partial charge on any atom is 0.325 e. The van der Waals surface area contributed by atoms with Crippen molar-refractivity contribution in [1.29, 1.82) is 0 Å². The predicted molar refractivity (Wildman–Crippen MR) is 39.6 cm³/mol. The number of rotatable bonds is 4. The van der Waals surface area contributed by atoms with Gasteiger partial charge in [-0.05, 0) is 6.92 Å². The van der Waals surface area contributed by atoms with Crippen LogP contribution >= 0.6 is 0 Å². The lowest BCUT2D eigenvalue weighted by atomic mass is 10.2. The molecule has 0 spiro atoms. The maximum atomic E-state index is 10.8. The lowest BCUT2D eigenvalue weighted by Gasteiger charge is -2.10. The van der Waals surface area contributed by atoms with Gasteiger partial charge in [-0.1, -0.05) is 0 Å². The highest BCUT2D eigenvalue weighted by atomic mass is 16.6. The average molecular weight is 176 g/mol. The van der Waals surface area contributed by atoms with Gasteiger partial charge in [0, 0.05) is 0 Å². The minimum Gasteiger partial charge on any atom is -0.435 e. The number of esters is 1. The Bertz CT molecular complexity index is 180. The van der Waals surface area contributed by atoms with E-state index in [0.29, 0.717) is 0 Å². The quantitative estimate of drug-likeness (QED) is 0.341. The van der Waals surface area contributed by atoms with E-state index in [4.69, 9.17) is 16.6 Å². The Labute approximate surface area is 69.5 Å². The number of hydrogen-bond acceptors (Lipinski definition) is 5. The molecular weight excluding hydrogens is 164 g/mol. The van der Waals surface area contributed by atoms with Gasteiger partial charge in [0.15, 0.2) is 6.29 Å². The van der Waals surface area contributed by atoms with Crippen LogP contribution in [0.5, 0.6) is 0 Å². The molecule has 0 saturated heterocycles. The topological polar surface area (TPSA) is 116 Å². The first-order chi connectivity index (χ1) is 5.43. The van der Waals surface area contributed by atoms with E-state index in [-0.39, 0.29) is 6.42 Å². The third-order valence-electron chi connectivity index (χ3n) is 1.01. The maximum absolute atomic E-state index is 10.8. The van der Waals surface area contributed by atoms with Crippen molar-refractivity contribution in [2.75, 3.05) is 0 Å². The summed E-state index contributed by atoms with van der Waals surface area (Å²) in [6.45, 7) is 1.26. The summed E-state index contributed by atoms with van der Waals surface area (Å²) in [7, 11) is 0. The van der Waals surface area contributed by atoms with Gasteiger partial charge in [0.25, 0.3) is 0 Å². The molecule has 0 aliphatic carbocycles. The summed E-state index contributed by atoms with van der Waals surface area (Å²) in [6.07, 6.45) is -1.51. The third kappa shape index (κ3) is 4.64. The Morgan fingerprint density at radius 2 is 2.08 bits per heavy atom. The Morgan fingerprint density at radius 1 is 1.58 bits per heavy atom. The minimum atomic E-state index is -1.23. The van der Waals surface area contributed by atoms with Gasteiger partial charge in [-0.3, -0.25) is 9.59 Å². The number of ether oxygens (including phenoxy) is 1. The molecule has 0 aromatic rings. The fourth-order valence-corrected chi connectivity index (χ4v) is 0.556. The Morgan fingerprint density at radius 3 is 2.42 bits per heavy atom. The van der Waals surface area contributed by atoms with Crippen LogP contribution in [0.1, 0.15) is 13.3 Å². The van der Waals surface area contributed by atoms with Crippen LogP contribution < -0.4 is 11.5 Å². The molecule has 2 atom stereocenters. The largest absolute Gasteiger partial charge is 0.435 e. The molecular formula is C6H12N2O4. The van der Waals surface area contributed by atoms with E-state index in [9.17, 15) is 9.59 Å². The standard InChI is InChI=1S/C6H12N2O4/c1-3(9)12-6(11)4(7)2-5(8)10/h3-4,9H,2,7H2,1H3,(H2,8,10)/t3?,4-/m0/s1. The van der Waals surface area contributed by atoms with Gasteiger partial charge >= 0.3 is 5.97 Å². The molecule has 0 heterocycles. The van der Waals surface area contributed by atoms with Crippen LogP contribution in [0.2, 0.25) is 0 Å². The lowest BCUT2D eigenvalue weighted by molar-refractivity contribution is -0.167. The van der Waals surface area contributed by atoms with E-state index in [2.05, 4.69) is 4.74 Å². The second-order valence-corrected chi connectivity index (χ2v) is 2.31. The number of nitrogens with two attached hydrogens (primary N) is 2. The smallest absolute Gasteiger partial charge is 0.325 e. The summed E-state index contributed by atoms with van der Waals surface area (Å²) in [4.78, 5) is 21.0. The van der Waals surface area contributed by atoms with E-state index in [1.54, 1.807) is 0 Å². The molecule has 0 aliphatic rings. The highest BCUT2D eigenvalue weighted by Gasteiger charge is 2.18. The fourth-order valence-electron chi connectivity index (χ4n) is 0.556. The van der Waals surface area contributed by atoms with Crippen LogP contribution in [0, 0.1) is 0 Å². The van der Waals surface area contributed by atoms with Crippen LogP contribution in [0.3, 0.4) is 0 Å². The molecule has 0 saturated carbocycles. The van der Waals surface area contributed by atoms with Gasteiger partial charge in [0.05, 0.1) is 6.42 Å². The zero-order valence-electron chi connectivity index (χ0n) is 6.69. The molecule has 70 valence electrons. The molecule has 5 N–H and O–H groups in total. The average Bonchev–Trinajstić information content (AvgIpc) is 1.84. The lowest BCUT2D eigenvalue weighted by Crippen LogP contribution is -2.37. The first kappa shape index (κ1) is 10.9. The second-order valence-electron chi connectivity index (χ2n) is 2.31. The Hall–Kier alpha value is -1.14. The molecule has 1 amide bonds. The first-order valence-electron chi connectivity index (χ1n) is 3.36. The zero-order chi connectivity index (χ0) is 9.72. The molecule has 6 nitrogen and oxygen atoms in total. The number of carbonyl (C=O) groups is 2. The number of carbonyl (C=O) groups excluding carboxylic acids is 2. The van der Waals surface area contributed by atoms with E-state index in [1.807, 2.05) is 0 Å². The molecule has 6 heteroatoms. The number of aliphatic hydroxyl groups excluding tert-OH is 1. The first-order valence-corrected chi connectivity index (χ1v) is 3.36. The zero-order valence-corrected chi connectivity index (χ0v) is 6.69. The van der Waals surface area contributed by atoms with Crippen molar-refractivity contribution in [1.82, 2.24) is 0 Å². The summed E-state index contributed by atoms with van der Waals surface area (Å²) in [5, 5.41) is 8.59. The molecule has 0 fully saturated rings. The molecule has 1 unspecified atom stereocenters. The second kappa shape index (κ2) is 4.68. The van der Waals surface area contributed by atoms with Gasteiger partial charge in [0.2, 0.25) is 5.91 Å². The van der Waals surface area contributed by atoms with Crippen molar-refractivity contribution in [2.45, 2.75) is 25.7 Å². The fraction of sp³-hybridized carbons (Fsp3) is 0.667. The van der Waals surface area contributed by atoms with E-state index < -0.39 is 24.2 Å². The van der Waals surface area contributed by atoms with Gasteiger partial charge in [-0.2, -0.15) is 0 Å².